The summed E-state index contributed by atoms with van der Waals surface area (Å²) in [6.07, 6.45) is 6.45. The van der Waals surface area contributed by atoms with E-state index >= 15 is 0 Å². The number of nitrogens with one attached hydrogen (secondary N) is 2. The number of carbonyl (C=O) groups is 1. The summed E-state index contributed by atoms with van der Waals surface area (Å²) < 4.78 is 19.1. The lowest BCUT2D eigenvalue weighted by molar-refractivity contribution is 0.102. The van der Waals surface area contributed by atoms with Crippen LogP contribution in [0.15, 0.2) is 104 Å². The van der Waals surface area contributed by atoms with Crippen molar-refractivity contribution in [2.45, 2.75) is 13.0 Å². The van der Waals surface area contributed by atoms with Gasteiger partial charge in [0.05, 0.1) is 66.8 Å². The molecule has 2 aliphatic rings. The number of hydrogen-bond donors (Lipinski definition) is 2. The number of ether oxygens (including phenoxy) is 3. The van der Waals surface area contributed by atoms with E-state index in [4.69, 9.17) is 14.2 Å². The zero-order valence-electron chi connectivity index (χ0n) is 28.2. The number of anilines is 4. The number of hydrogen-bond acceptors (Lipinski definition) is 8. The quantitative estimate of drug-likeness (QED) is 0.163. The first kappa shape index (κ1) is 31.9. The van der Waals surface area contributed by atoms with Crippen molar-refractivity contribution in [3.05, 3.63) is 126 Å². The number of nitriles is 1. The molecule has 1 amide bonds. The van der Waals surface area contributed by atoms with Crippen LogP contribution in [0.2, 0.25) is 0 Å². The summed E-state index contributed by atoms with van der Waals surface area (Å²) in [5.41, 5.74) is 9.55. The number of aromatic nitrogens is 2. The van der Waals surface area contributed by atoms with Crippen molar-refractivity contribution in [2.75, 3.05) is 55.6 Å². The molecule has 51 heavy (non-hydrogen) atoms. The highest BCUT2D eigenvalue weighted by Gasteiger charge is 2.21. The lowest BCUT2D eigenvalue weighted by Gasteiger charge is -2.28. The van der Waals surface area contributed by atoms with Gasteiger partial charge < -0.3 is 34.3 Å². The van der Waals surface area contributed by atoms with Crippen LogP contribution in [0.1, 0.15) is 27.0 Å². The first-order chi connectivity index (χ1) is 25.1. The Kier molecular flexibility index (Phi) is 8.70. The molecule has 0 aliphatic carbocycles. The molecule has 10 heteroatoms. The molecule has 254 valence electrons. The van der Waals surface area contributed by atoms with Crippen molar-refractivity contribution in [3.63, 3.8) is 0 Å². The van der Waals surface area contributed by atoms with Crippen LogP contribution in [0.5, 0.6) is 11.5 Å². The predicted octanol–water partition coefficient (Wildman–Crippen LogP) is 7.40. The van der Waals surface area contributed by atoms with Crippen molar-refractivity contribution in [1.29, 1.82) is 5.26 Å². The van der Waals surface area contributed by atoms with E-state index in [-0.39, 0.29) is 5.91 Å². The smallest absolute Gasteiger partial charge is 0.257 e. The predicted molar refractivity (Wildman–Crippen MR) is 198 cm³/mol. The minimum atomic E-state index is -0.169. The highest BCUT2D eigenvalue weighted by molar-refractivity contribution is 6.13. The number of methoxy groups -OCH3 is 1. The Morgan fingerprint density at radius 2 is 1.73 bits per heavy atom. The maximum atomic E-state index is 13.5. The van der Waals surface area contributed by atoms with Crippen LogP contribution in [0.25, 0.3) is 22.0 Å². The Morgan fingerprint density at radius 1 is 0.882 bits per heavy atom. The number of nitrogens with zero attached hydrogens (tertiary/aromatic N) is 4. The SMILES string of the molecule is COc1cc(Cn2cc(-c3ccc4c(c3)Nc3ccc(CCOc5ccc(N6CCOCC6)cc5)cc3NC4=O)c3ccncc32)ccc1C#N. The van der Waals surface area contributed by atoms with Crippen molar-refractivity contribution in [2.24, 2.45) is 0 Å². The Morgan fingerprint density at radius 3 is 2.55 bits per heavy atom. The molecule has 0 bridgehead atoms. The van der Waals surface area contributed by atoms with E-state index in [1.165, 1.54) is 5.69 Å². The molecule has 0 saturated carbocycles. The van der Waals surface area contributed by atoms with E-state index in [1.54, 1.807) is 19.4 Å². The van der Waals surface area contributed by atoms with Gasteiger partial charge in [-0.1, -0.05) is 18.2 Å². The van der Waals surface area contributed by atoms with E-state index in [2.05, 4.69) is 55.5 Å². The molecule has 0 atom stereocenters. The Hall–Kier alpha value is -6.31. The number of fused-ring (bicyclic) bond motifs is 3. The zero-order chi connectivity index (χ0) is 34.7. The van der Waals surface area contributed by atoms with E-state index in [0.29, 0.717) is 36.4 Å². The lowest BCUT2D eigenvalue weighted by atomic mass is 10.0. The van der Waals surface area contributed by atoms with E-state index < -0.39 is 0 Å². The molecule has 4 aromatic carbocycles. The monoisotopic (exact) mass is 676 g/mol. The second-order valence-corrected chi connectivity index (χ2v) is 12.6. The molecule has 1 fully saturated rings. The van der Waals surface area contributed by atoms with Gasteiger partial charge in [-0.05, 0) is 83.4 Å². The lowest BCUT2D eigenvalue weighted by Crippen LogP contribution is -2.36. The molecular formula is C41H36N6O4. The minimum Gasteiger partial charge on any atom is -0.495 e. The average Bonchev–Trinajstić information content (AvgIpc) is 3.47. The van der Waals surface area contributed by atoms with Crippen molar-refractivity contribution in [3.8, 4) is 28.7 Å². The summed E-state index contributed by atoms with van der Waals surface area (Å²) in [6.45, 7) is 4.40. The standard InChI is InChI=1S/C41H36N6O4/c1-49-40-21-28(2-4-30(40)23-42)25-47-26-35(33-12-14-43-24-39(33)47)29-5-10-34-37(22-29)44-36-11-3-27(20-38(36)45-41(34)48)13-17-51-32-8-6-31(7-9-32)46-15-18-50-19-16-46/h2-12,14,20-22,24,26,44H,13,15-19,25H2,1H3,(H,45,48). The maximum absolute atomic E-state index is 13.5. The van der Waals surface area contributed by atoms with Crippen molar-refractivity contribution < 1.29 is 19.0 Å². The van der Waals surface area contributed by atoms with Gasteiger partial charge >= 0.3 is 0 Å². The maximum Gasteiger partial charge on any atom is 0.257 e. The van der Waals surface area contributed by atoms with Crippen LogP contribution < -0.4 is 25.0 Å². The topological polar surface area (TPSA) is 114 Å². The van der Waals surface area contributed by atoms with E-state index in [0.717, 1.165) is 82.3 Å². The van der Waals surface area contributed by atoms with Gasteiger partial charge in [0.1, 0.15) is 17.6 Å². The second-order valence-electron chi connectivity index (χ2n) is 12.6. The van der Waals surface area contributed by atoms with Gasteiger partial charge in [0.25, 0.3) is 5.91 Å². The first-order valence-electron chi connectivity index (χ1n) is 17.0. The number of carbonyl (C=O) groups excluding carboxylic acids is 1. The van der Waals surface area contributed by atoms with Gasteiger partial charge in [0.15, 0.2) is 0 Å². The largest absolute Gasteiger partial charge is 0.495 e. The molecule has 1 saturated heterocycles. The summed E-state index contributed by atoms with van der Waals surface area (Å²) in [5.74, 6) is 1.21. The van der Waals surface area contributed by atoms with E-state index in [9.17, 15) is 10.1 Å². The van der Waals surface area contributed by atoms with Crippen LogP contribution in [0.3, 0.4) is 0 Å². The zero-order valence-corrected chi connectivity index (χ0v) is 28.2. The fourth-order valence-corrected chi connectivity index (χ4v) is 6.79. The highest BCUT2D eigenvalue weighted by Crippen LogP contribution is 2.38. The number of amides is 1. The number of pyridine rings is 1. The van der Waals surface area contributed by atoms with Gasteiger partial charge in [-0.25, -0.2) is 0 Å². The van der Waals surface area contributed by atoms with Crippen molar-refractivity contribution in [1.82, 2.24) is 9.55 Å². The second kappa shape index (κ2) is 13.9. The van der Waals surface area contributed by atoms with Crippen LogP contribution in [0.4, 0.5) is 22.7 Å². The van der Waals surface area contributed by atoms with Crippen LogP contribution >= 0.6 is 0 Å². The molecule has 0 radical (unpaired) electrons. The summed E-state index contributed by atoms with van der Waals surface area (Å²) in [6, 6.07) is 30.0. The van der Waals surface area contributed by atoms with Gasteiger partial charge in [-0.3, -0.25) is 9.78 Å². The Balaban J connectivity index is 0.991. The average molecular weight is 677 g/mol. The molecule has 4 heterocycles. The molecule has 8 rings (SSSR count). The summed E-state index contributed by atoms with van der Waals surface area (Å²) in [4.78, 5) is 20.2. The minimum absolute atomic E-state index is 0.169. The molecular weight excluding hydrogens is 640 g/mol. The fourth-order valence-electron chi connectivity index (χ4n) is 6.79. The molecule has 0 spiro atoms. The third-order valence-electron chi connectivity index (χ3n) is 9.47. The van der Waals surface area contributed by atoms with Crippen molar-refractivity contribution >= 4 is 39.6 Å². The summed E-state index contributed by atoms with van der Waals surface area (Å²) in [7, 11) is 1.57. The van der Waals surface area contributed by atoms with Gasteiger partial charge in [0.2, 0.25) is 0 Å². The van der Waals surface area contributed by atoms with Gasteiger partial charge in [-0.2, -0.15) is 5.26 Å². The molecule has 6 aromatic rings. The molecule has 0 unspecified atom stereocenters. The molecule has 10 nitrogen and oxygen atoms in total. The summed E-state index contributed by atoms with van der Waals surface area (Å²) in [5, 5.41) is 17.1. The Labute approximate surface area is 295 Å². The van der Waals surface area contributed by atoms with Gasteiger partial charge in [0, 0.05) is 55.1 Å². The van der Waals surface area contributed by atoms with Gasteiger partial charge in [-0.15, -0.1) is 0 Å². The number of benzene rings is 4. The molecule has 2 aliphatic heterocycles. The van der Waals surface area contributed by atoms with Crippen LogP contribution in [-0.4, -0.2) is 55.5 Å². The normalized spacial score (nSPS) is 13.7. The molecule has 2 N–H and O–H groups in total. The third kappa shape index (κ3) is 6.55. The number of rotatable bonds is 9. The molecule has 2 aromatic heterocycles. The van der Waals surface area contributed by atoms with E-state index in [1.807, 2.05) is 66.9 Å². The third-order valence-corrected chi connectivity index (χ3v) is 9.47. The number of morpholine rings is 1. The Bertz CT molecular complexity index is 2290. The van der Waals surface area contributed by atoms with Crippen LogP contribution in [0, 0.1) is 11.3 Å². The highest BCUT2D eigenvalue weighted by atomic mass is 16.5. The fraction of sp³-hybridized carbons (Fsp3) is 0.195. The van der Waals surface area contributed by atoms with Crippen LogP contribution in [-0.2, 0) is 17.7 Å². The summed E-state index contributed by atoms with van der Waals surface area (Å²) >= 11 is 0. The first-order valence-corrected chi connectivity index (χ1v) is 17.0.